The normalized spacial score (nSPS) is 18.2. The van der Waals surface area contributed by atoms with Crippen molar-refractivity contribution < 1.29 is 17.9 Å². The van der Waals surface area contributed by atoms with Gasteiger partial charge in [0.2, 0.25) is 0 Å². The van der Waals surface area contributed by atoms with Crippen molar-refractivity contribution in [1.29, 1.82) is 0 Å². The summed E-state index contributed by atoms with van der Waals surface area (Å²) < 4.78 is 38.7. The van der Waals surface area contributed by atoms with Gasteiger partial charge in [0, 0.05) is 20.6 Å². The van der Waals surface area contributed by atoms with E-state index in [4.69, 9.17) is 9.47 Å². The summed E-state index contributed by atoms with van der Waals surface area (Å²) in [4.78, 5) is 0. The highest BCUT2D eigenvalue weighted by atomic mass is 32.2. The van der Waals surface area contributed by atoms with Crippen LogP contribution in [0.4, 0.5) is 0 Å². The number of rotatable bonds is 6. The predicted molar refractivity (Wildman–Crippen MR) is 80.8 cm³/mol. The van der Waals surface area contributed by atoms with E-state index < -0.39 is 10.2 Å². The van der Waals surface area contributed by atoms with Crippen LogP contribution < -0.4 is 9.47 Å². The Bertz CT molecular complexity index is 574. The largest absolute Gasteiger partial charge is 0.486 e. The van der Waals surface area contributed by atoms with Crippen molar-refractivity contribution in [3.05, 3.63) is 24.3 Å². The average molecular weight is 314 g/mol. The second kappa shape index (κ2) is 6.64. The Labute approximate surface area is 126 Å². The van der Waals surface area contributed by atoms with Crippen LogP contribution in [0.5, 0.6) is 11.5 Å². The van der Waals surface area contributed by atoms with Crippen molar-refractivity contribution in [3.63, 3.8) is 0 Å². The first-order chi connectivity index (χ1) is 9.95. The second-order valence-corrected chi connectivity index (χ2v) is 7.29. The molecule has 0 spiro atoms. The zero-order chi connectivity index (χ0) is 15.5. The Hall–Kier alpha value is -1.31. The van der Waals surface area contributed by atoms with Gasteiger partial charge in [0.25, 0.3) is 10.2 Å². The van der Waals surface area contributed by atoms with E-state index in [9.17, 15) is 8.42 Å². The summed E-state index contributed by atoms with van der Waals surface area (Å²) in [5.41, 5.74) is 0. The van der Waals surface area contributed by atoms with Crippen molar-refractivity contribution in [3.8, 4) is 11.5 Å². The summed E-state index contributed by atoms with van der Waals surface area (Å²) in [5.74, 6) is 1.36. The lowest BCUT2D eigenvalue weighted by atomic mass is 10.2. The minimum absolute atomic E-state index is 0.280. The number of hydrogen-bond acceptors (Lipinski definition) is 4. The van der Waals surface area contributed by atoms with Crippen LogP contribution in [-0.4, -0.2) is 56.9 Å². The lowest BCUT2D eigenvalue weighted by Gasteiger charge is -2.31. The third-order valence-corrected chi connectivity index (χ3v) is 5.14. The van der Waals surface area contributed by atoms with E-state index in [1.807, 2.05) is 31.2 Å². The zero-order valence-electron chi connectivity index (χ0n) is 12.7. The van der Waals surface area contributed by atoms with Gasteiger partial charge in [-0.15, -0.1) is 0 Å². The quantitative estimate of drug-likeness (QED) is 0.795. The molecule has 1 atom stereocenters. The molecule has 0 saturated heterocycles. The number of hydrogen-bond donors (Lipinski definition) is 0. The zero-order valence-corrected chi connectivity index (χ0v) is 13.5. The molecule has 0 fully saturated rings. The molecule has 1 aromatic rings. The molecule has 0 aliphatic carbocycles. The Morgan fingerprint density at radius 1 is 1.24 bits per heavy atom. The fourth-order valence-corrected chi connectivity index (χ4v) is 3.39. The van der Waals surface area contributed by atoms with Gasteiger partial charge in [-0.2, -0.15) is 17.0 Å². The third kappa shape index (κ3) is 3.66. The van der Waals surface area contributed by atoms with Crippen LogP contribution in [0, 0.1) is 0 Å². The smallest absolute Gasteiger partial charge is 0.281 e. The predicted octanol–water partition coefficient (Wildman–Crippen LogP) is 1.34. The van der Waals surface area contributed by atoms with Gasteiger partial charge < -0.3 is 9.47 Å². The molecule has 0 unspecified atom stereocenters. The number of nitrogens with zero attached hydrogens (tertiary/aromatic N) is 2. The van der Waals surface area contributed by atoms with Crippen molar-refractivity contribution >= 4 is 10.2 Å². The van der Waals surface area contributed by atoms with Crippen LogP contribution >= 0.6 is 0 Å². The Morgan fingerprint density at radius 2 is 1.90 bits per heavy atom. The van der Waals surface area contributed by atoms with E-state index in [-0.39, 0.29) is 12.6 Å². The standard InChI is InChI=1S/C14H22N2O4S/c1-4-9-16(21(17,18)15(2)3)10-12-11-19-13-7-5-6-8-14(13)20-12/h5-8,12H,4,9-11H2,1-3H3/t12-/m1/s1. The van der Waals surface area contributed by atoms with E-state index in [0.717, 1.165) is 6.42 Å². The molecular formula is C14H22N2O4S. The molecule has 0 amide bonds. The lowest BCUT2D eigenvalue weighted by Crippen LogP contribution is -2.47. The molecule has 0 radical (unpaired) electrons. The molecule has 21 heavy (non-hydrogen) atoms. The summed E-state index contributed by atoms with van der Waals surface area (Å²) in [6, 6.07) is 7.41. The van der Waals surface area contributed by atoms with Crippen LogP contribution in [-0.2, 0) is 10.2 Å². The number of ether oxygens (including phenoxy) is 2. The first-order valence-corrected chi connectivity index (χ1v) is 8.41. The summed E-state index contributed by atoms with van der Waals surface area (Å²) in [6.45, 7) is 3.04. The van der Waals surface area contributed by atoms with Crippen molar-refractivity contribution in [2.75, 3.05) is 33.8 Å². The maximum atomic E-state index is 12.3. The van der Waals surface area contributed by atoms with Crippen molar-refractivity contribution in [1.82, 2.24) is 8.61 Å². The van der Waals surface area contributed by atoms with Crippen LogP contribution in [0.25, 0.3) is 0 Å². The van der Waals surface area contributed by atoms with Gasteiger partial charge in [-0.1, -0.05) is 19.1 Å². The van der Waals surface area contributed by atoms with E-state index in [1.165, 1.54) is 22.7 Å². The van der Waals surface area contributed by atoms with Gasteiger partial charge in [-0.3, -0.25) is 0 Å². The number of para-hydroxylation sites is 2. The number of benzene rings is 1. The van der Waals surface area contributed by atoms with E-state index in [1.54, 1.807) is 0 Å². The molecule has 0 saturated carbocycles. The fraction of sp³-hybridized carbons (Fsp3) is 0.571. The SMILES string of the molecule is CCCN(C[C@@H]1COc2ccccc2O1)S(=O)(=O)N(C)C. The van der Waals surface area contributed by atoms with Gasteiger partial charge in [0.05, 0.1) is 6.54 Å². The minimum Gasteiger partial charge on any atom is -0.486 e. The first-order valence-electron chi connectivity index (χ1n) is 7.01. The van der Waals surface area contributed by atoms with E-state index in [0.29, 0.717) is 24.7 Å². The molecule has 1 aliphatic rings. The summed E-state index contributed by atoms with van der Waals surface area (Å²) in [7, 11) is -0.380. The molecule has 0 aromatic heterocycles. The van der Waals surface area contributed by atoms with Crippen LogP contribution in [0.2, 0.25) is 0 Å². The molecule has 1 aliphatic heterocycles. The average Bonchev–Trinajstić information content (AvgIpc) is 2.46. The highest BCUT2D eigenvalue weighted by Gasteiger charge is 2.30. The van der Waals surface area contributed by atoms with Gasteiger partial charge in [-0.25, -0.2) is 0 Å². The summed E-state index contributed by atoms with van der Waals surface area (Å²) in [5, 5.41) is 0. The third-order valence-electron chi connectivity index (χ3n) is 3.24. The first kappa shape index (κ1) is 16.1. The molecule has 7 heteroatoms. The summed E-state index contributed by atoms with van der Waals surface area (Å²) in [6.07, 6.45) is 0.443. The van der Waals surface area contributed by atoms with Gasteiger partial charge >= 0.3 is 0 Å². The fourth-order valence-electron chi connectivity index (χ4n) is 2.16. The molecule has 6 nitrogen and oxygen atoms in total. The molecule has 0 N–H and O–H groups in total. The van der Waals surface area contributed by atoms with Gasteiger partial charge in [-0.05, 0) is 18.6 Å². The molecule has 1 heterocycles. The van der Waals surface area contributed by atoms with Crippen molar-refractivity contribution in [2.24, 2.45) is 0 Å². The Balaban J connectivity index is 2.09. The van der Waals surface area contributed by atoms with Gasteiger partial charge in [0.1, 0.15) is 12.7 Å². The minimum atomic E-state index is -3.45. The molecule has 0 bridgehead atoms. The Morgan fingerprint density at radius 3 is 2.52 bits per heavy atom. The van der Waals surface area contributed by atoms with Crippen LogP contribution in [0.3, 0.4) is 0 Å². The number of fused-ring (bicyclic) bond motifs is 1. The maximum Gasteiger partial charge on any atom is 0.281 e. The second-order valence-electron chi connectivity index (χ2n) is 5.15. The highest BCUT2D eigenvalue weighted by Crippen LogP contribution is 2.31. The van der Waals surface area contributed by atoms with Crippen LogP contribution in [0.1, 0.15) is 13.3 Å². The van der Waals surface area contributed by atoms with E-state index in [2.05, 4.69) is 0 Å². The maximum absolute atomic E-state index is 12.3. The molecule has 1 aromatic carbocycles. The molecule has 118 valence electrons. The molecular weight excluding hydrogens is 292 g/mol. The molecule has 2 rings (SSSR count). The van der Waals surface area contributed by atoms with Crippen molar-refractivity contribution in [2.45, 2.75) is 19.4 Å². The Kier molecular flexibility index (Phi) is 5.08. The monoisotopic (exact) mass is 314 g/mol. The van der Waals surface area contributed by atoms with Gasteiger partial charge in [0.15, 0.2) is 11.5 Å². The van der Waals surface area contributed by atoms with E-state index >= 15 is 0 Å². The topological polar surface area (TPSA) is 59.1 Å². The highest BCUT2D eigenvalue weighted by molar-refractivity contribution is 7.86. The lowest BCUT2D eigenvalue weighted by molar-refractivity contribution is 0.0755. The van der Waals surface area contributed by atoms with Crippen LogP contribution in [0.15, 0.2) is 24.3 Å². The summed E-state index contributed by atoms with van der Waals surface area (Å²) >= 11 is 0.